The summed E-state index contributed by atoms with van der Waals surface area (Å²) >= 11 is 0. The molecule has 1 aliphatic carbocycles. The van der Waals surface area contributed by atoms with E-state index in [1.165, 1.54) is 19.5 Å². The number of halogens is 6. The molecule has 1 saturated carbocycles. The van der Waals surface area contributed by atoms with Crippen LogP contribution in [0.3, 0.4) is 0 Å². The molecular formula is C23H24F6N6O4. The van der Waals surface area contributed by atoms with E-state index in [1.807, 2.05) is 0 Å². The van der Waals surface area contributed by atoms with Gasteiger partial charge in [-0.1, -0.05) is 10.4 Å². The van der Waals surface area contributed by atoms with Crippen molar-refractivity contribution in [3.63, 3.8) is 0 Å². The predicted octanol–water partition coefficient (Wildman–Crippen LogP) is 2.31. The van der Waals surface area contributed by atoms with Gasteiger partial charge in [0, 0.05) is 25.3 Å². The average molecular weight is 562 g/mol. The van der Waals surface area contributed by atoms with Gasteiger partial charge in [0.05, 0.1) is 24.6 Å². The largest absolute Gasteiger partial charge is 0.413 e. The first-order chi connectivity index (χ1) is 18.5. The maximum atomic E-state index is 14.3. The van der Waals surface area contributed by atoms with Crippen molar-refractivity contribution in [3.8, 4) is 11.3 Å². The molecule has 2 fully saturated rings. The number of aromatic nitrogens is 6. The monoisotopic (exact) mass is 562 g/mol. The molecule has 0 amide bonds. The number of hydrogen-bond acceptors (Lipinski definition) is 8. The Bertz CT molecular complexity index is 1330. The number of ether oxygens (including phenoxy) is 2. The third kappa shape index (κ3) is 4.58. The first-order valence-electron chi connectivity index (χ1n) is 12.0. The number of aliphatic hydroxyl groups excluding tert-OH is 2. The van der Waals surface area contributed by atoms with E-state index in [2.05, 4.69) is 20.6 Å². The van der Waals surface area contributed by atoms with Gasteiger partial charge >= 0.3 is 6.18 Å². The second-order valence-corrected chi connectivity index (χ2v) is 9.63. The quantitative estimate of drug-likeness (QED) is 0.333. The minimum atomic E-state index is -4.51. The van der Waals surface area contributed by atoms with Crippen LogP contribution in [0.1, 0.15) is 31.0 Å². The lowest BCUT2D eigenvalue weighted by atomic mass is 9.76. The van der Waals surface area contributed by atoms with Crippen molar-refractivity contribution in [2.24, 2.45) is 0 Å². The Morgan fingerprint density at radius 1 is 1.08 bits per heavy atom. The van der Waals surface area contributed by atoms with E-state index in [0.717, 1.165) is 21.5 Å². The zero-order chi connectivity index (χ0) is 28.1. The Hall–Kier alpha value is -3.08. The molecule has 1 aliphatic heterocycles. The van der Waals surface area contributed by atoms with Crippen molar-refractivity contribution >= 4 is 0 Å². The second kappa shape index (κ2) is 10.1. The Kier molecular flexibility index (Phi) is 7.15. The summed E-state index contributed by atoms with van der Waals surface area (Å²) in [6.45, 7) is -0.631. The average Bonchev–Trinajstić information content (AvgIpc) is 3.52. The standard InChI is InChI=1S/C23H24F6N6O4/c1-38-21-15(7-11-8-35(33-30-11)22(5-2-6-22)23(27,28)29)39-16(10-36)20(37)19(21)34-9-14(31-32-34)12-3-4-13(24)18(26)17(12)25/h3-4,8-9,15-16,19-21,36-37H,2,5-7,10H2,1H3/t15-,16-,19+,20+,21+/m1/s1. The number of rotatable bonds is 7. The van der Waals surface area contributed by atoms with Crippen LogP contribution in [0.4, 0.5) is 26.3 Å². The maximum Gasteiger partial charge on any atom is 0.413 e. The van der Waals surface area contributed by atoms with Crippen molar-refractivity contribution in [3.05, 3.63) is 47.7 Å². The van der Waals surface area contributed by atoms with Crippen LogP contribution in [0.2, 0.25) is 0 Å². The summed E-state index contributed by atoms with van der Waals surface area (Å²) in [6, 6.07) is 0.629. The second-order valence-electron chi connectivity index (χ2n) is 9.63. The molecule has 0 bridgehead atoms. The molecule has 2 N–H and O–H groups in total. The lowest BCUT2D eigenvalue weighted by Crippen LogP contribution is -2.57. The van der Waals surface area contributed by atoms with Crippen LogP contribution in [0.5, 0.6) is 0 Å². The van der Waals surface area contributed by atoms with E-state index >= 15 is 0 Å². The van der Waals surface area contributed by atoms with Gasteiger partial charge in [-0.2, -0.15) is 13.2 Å². The van der Waals surface area contributed by atoms with Gasteiger partial charge in [-0.05, 0) is 31.4 Å². The Labute approximate surface area is 217 Å². The maximum absolute atomic E-state index is 14.3. The molecule has 10 nitrogen and oxygen atoms in total. The highest BCUT2D eigenvalue weighted by Crippen LogP contribution is 2.50. The van der Waals surface area contributed by atoms with Crippen LogP contribution in [0.25, 0.3) is 11.3 Å². The van der Waals surface area contributed by atoms with Crippen LogP contribution in [-0.4, -0.2) is 84.5 Å². The van der Waals surface area contributed by atoms with E-state index in [-0.39, 0.29) is 36.2 Å². The first-order valence-corrected chi connectivity index (χ1v) is 12.0. The lowest BCUT2D eigenvalue weighted by molar-refractivity contribution is -0.243. The van der Waals surface area contributed by atoms with Gasteiger partial charge in [0.1, 0.15) is 30.0 Å². The number of nitrogens with zero attached hydrogens (tertiary/aromatic N) is 6. The fourth-order valence-corrected chi connectivity index (χ4v) is 5.16. The van der Waals surface area contributed by atoms with E-state index < -0.39 is 66.2 Å². The van der Waals surface area contributed by atoms with Gasteiger partial charge in [-0.25, -0.2) is 22.5 Å². The zero-order valence-electron chi connectivity index (χ0n) is 20.4. The molecule has 0 radical (unpaired) electrons. The smallest absolute Gasteiger partial charge is 0.394 e. The van der Waals surface area contributed by atoms with Crippen molar-refractivity contribution in [1.82, 2.24) is 30.0 Å². The number of methoxy groups -OCH3 is 1. The highest BCUT2D eigenvalue weighted by Gasteiger charge is 2.60. The molecule has 1 saturated heterocycles. The summed E-state index contributed by atoms with van der Waals surface area (Å²) in [4.78, 5) is 0. The molecule has 5 rings (SSSR count). The SMILES string of the molecule is CO[C@@H]1[C@@H](n2cc(-c3ccc(F)c(F)c3F)nn2)[C@@H](O)[C@@H](CO)O[C@@H]1Cc1cn(C2(C(F)(F)F)CCC2)nn1. The van der Waals surface area contributed by atoms with Gasteiger partial charge < -0.3 is 19.7 Å². The van der Waals surface area contributed by atoms with Crippen molar-refractivity contribution in [2.75, 3.05) is 13.7 Å². The number of aliphatic hydroxyl groups is 2. The number of benzene rings is 1. The molecular weight excluding hydrogens is 538 g/mol. The highest BCUT2D eigenvalue weighted by atomic mass is 19.4. The third-order valence-corrected chi connectivity index (χ3v) is 7.46. The number of hydrogen-bond donors (Lipinski definition) is 2. The van der Waals surface area contributed by atoms with Gasteiger partial charge in [0.25, 0.3) is 0 Å². The fourth-order valence-electron chi connectivity index (χ4n) is 5.16. The van der Waals surface area contributed by atoms with Gasteiger partial charge in [0.2, 0.25) is 0 Å². The minimum Gasteiger partial charge on any atom is -0.394 e. The molecule has 1 aromatic carbocycles. The Morgan fingerprint density at radius 3 is 2.44 bits per heavy atom. The molecule has 212 valence electrons. The zero-order valence-corrected chi connectivity index (χ0v) is 20.4. The van der Waals surface area contributed by atoms with E-state index in [1.54, 1.807) is 0 Å². The van der Waals surface area contributed by atoms with Crippen LogP contribution < -0.4 is 0 Å². The summed E-state index contributed by atoms with van der Waals surface area (Å²) < 4.78 is 95.9. The molecule has 0 unspecified atom stereocenters. The third-order valence-electron chi connectivity index (χ3n) is 7.46. The van der Waals surface area contributed by atoms with E-state index in [9.17, 15) is 36.6 Å². The molecule has 2 aromatic heterocycles. The normalized spacial score (nSPS) is 26.9. The molecule has 3 heterocycles. The topological polar surface area (TPSA) is 120 Å². The van der Waals surface area contributed by atoms with E-state index in [0.29, 0.717) is 6.42 Å². The fraction of sp³-hybridized carbons (Fsp3) is 0.565. The summed E-state index contributed by atoms with van der Waals surface area (Å²) in [7, 11) is 1.30. The van der Waals surface area contributed by atoms with Crippen LogP contribution in [0.15, 0.2) is 24.5 Å². The van der Waals surface area contributed by atoms with Crippen LogP contribution >= 0.6 is 0 Å². The Balaban J connectivity index is 1.43. The van der Waals surface area contributed by atoms with Crippen LogP contribution in [-0.2, 0) is 21.4 Å². The van der Waals surface area contributed by atoms with Crippen molar-refractivity contribution < 1.29 is 46.0 Å². The van der Waals surface area contributed by atoms with Crippen molar-refractivity contribution in [2.45, 2.75) is 67.9 Å². The van der Waals surface area contributed by atoms with E-state index in [4.69, 9.17) is 9.47 Å². The summed E-state index contributed by atoms with van der Waals surface area (Å²) in [5, 5.41) is 36.1. The van der Waals surface area contributed by atoms with Gasteiger partial charge in [-0.3, -0.25) is 0 Å². The first kappa shape index (κ1) is 27.5. The summed E-state index contributed by atoms with van der Waals surface area (Å²) in [5.74, 6) is -4.55. The molecule has 2 aliphatic rings. The van der Waals surface area contributed by atoms with Gasteiger partial charge in [-0.15, -0.1) is 10.2 Å². The van der Waals surface area contributed by atoms with Crippen LogP contribution in [0, 0.1) is 17.5 Å². The summed E-state index contributed by atoms with van der Waals surface area (Å²) in [6.07, 6.45) is -6.59. The Morgan fingerprint density at radius 2 is 1.82 bits per heavy atom. The predicted molar refractivity (Wildman–Crippen MR) is 119 cm³/mol. The molecule has 0 spiro atoms. The summed E-state index contributed by atoms with van der Waals surface area (Å²) in [5.41, 5.74) is -2.51. The molecule has 5 atom stereocenters. The number of alkyl halides is 3. The van der Waals surface area contributed by atoms with Gasteiger partial charge in [0.15, 0.2) is 23.0 Å². The highest BCUT2D eigenvalue weighted by molar-refractivity contribution is 5.58. The molecule has 16 heteroatoms. The molecule has 39 heavy (non-hydrogen) atoms. The minimum absolute atomic E-state index is 0.0917. The molecule has 3 aromatic rings. The lowest BCUT2D eigenvalue weighted by Gasteiger charge is -2.43. The van der Waals surface area contributed by atoms with Crippen molar-refractivity contribution in [1.29, 1.82) is 0 Å².